The summed E-state index contributed by atoms with van der Waals surface area (Å²) < 4.78 is 6.51. The third-order valence-electron chi connectivity index (χ3n) is 1.96. The third-order valence-corrected chi connectivity index (χ3v) is 4.12. The molecule has 0 fully saturated rings. The molecule has 0 atom stereocenters. The number of carbonyl (C=O) groups is 2. The van der Waals surface area contributed by atoms with Crippen LogP contribution < -0.4 is 5.73 Å². The molecule has 94 valence electrons. The zero-order valence-electron chi connectivity index (χ0n) is 9.29. The molecule has 7 heteroatoms. The van der Waals surface area contributed by atoms with Crippen molar-refractivity contribution >= 4 is 45.2 Å². The molecule has 0 saturated carbocycles. The number of benzene rings is 1. The Morgan fingerprint density at radius 1 is 1.39 bits per heavy atom. The predicted octanol–water partition coefficient (Wildman–Crippen LogP) is 1.42. The highest BCUT2D eigenvalue weighted by molar-refractivity contribution is 8.01. The van der Waals surface area contributed by atoms with Crippen molar-refractivity contribution in [1.29, 1.82) is 0 Å². The maximum atomic E-state index is 11.3. The number of esters is 1. The van der Waals surface area contributed by atoms with Gasteiger partial charge in [0.2, 0.25) is 0 Å². The lowest BCUT2D eigenvalue weighted by Gasteiger charge is -1.99. The zero-order valence-corrected chi connectivity index (χ0v) is 10.9. The minimum Gasteiger partial charge on any atom is -0.455 e. The first-order chi connectivity index (χ1) is 8.65. The van der Waals surface area contributed by atoms with E-state index in [9.17, 15) is 9.59 Å². The first kappa shape index (κ1) is 12.8. The number of nitrogens with two attached hydrogens (primary N) is 1. The van der Waals surface area contributed by atoms with Gasteiger partial charge in [-0.3, -0.25) is 9.59 Å². The number of thioether (sulfide) groups is 1. The number of carbonyl (C=O) groups excluding carboxylic acids is 2. The molecule has 0 aliphatic carbocycles. The van der Waals surface area contributed by atoms with Crippen LogP contribution in [-0.4, -0.2) is 29.2 Å². The molecule has 1 heterocycles. The lowest BCUT2D eigenvalue weighted by Crippen LogP contribution is -2.21. The number of aromatic nitrogens is 1. The molecule has 0 aliphatic heterocycles. The lowest BCUT2D eigenvalue weighted by atomic mass is 10.3. The minimum atomic E-state index is -0.659. The number of rotatable bonds is 5. The Morgan fingerprint density at radius 3 is 2.89 bits per heavy atom. The Kier molecular flexibility index (Phi) is 4.16. The molecule has 18 heavy (non-hydrogen) atoms. The number of primary amides is 1. The van der Waals surface area contributed by atoms with Crippen molar-refractivity contribution in [1.82, 2.24) is 4.98 Å². The monoisotopic (exact) mass is 282 g/mol. The van der Waals surface area contributed by atoms with Crippen LogP contribution in [0.15, 0.2) is 28.6 Å². The molecule has 0 spiro atoms. The second-order valence-electron chi connectivity index (χ2n) is 3.36. The molecule has 2 N–H and O–H groups in total. The van der Waals surface area contributed by atoms with Gasteiger partial charge in [-0.1, -0.05) is 23.9 Å². The topological polar surface area (TPSA) is 82.3 Å². The Bertz CT molecular complexity index is 549. The van der Waals surface area contributed by atoms with Gasteiger partial charge in [0.15, 0.2) is 10.9 Å². The van der Waals surface area contributed by atoms with Crippen molar-refractivity contribution in [2.45, 2.75) is 4.34 Å². The number of para-hydroxylation sites is 1. The SMILES string of the molecule is NC(=O)COC(=O)CSc1nc2ccccc2s1. The van der Waals surface area contributed by atoms with Gasteiger partial charge in [0, 0.05) is 0 Å². The summed E-state index contributed by atoms with van der Waals surface area (Å²) in [5.74, 6) is -1.01. The normalized spacial score (nSPS) is 10.4. The maximum Gasteiger partial charge on any atom is 0.316 e. The van der Waals surface area contributed by atoms with Crippen molar-refractivity contribution in [3.05, 3.63) is 24.3 Å². The summed E-state index contributed by atoms with van der Waals surface area (Å²) in [6, 6.07) is 7.75. The van der Waals surface area contributed by atoms with Gasteiger partial charge in [0.1, 0.15) is 0 Å². The van der Waals surface area contributed by atoms with Gasteiger partial charge >= 0.3 is 5.97 Å². The average molecular weight is 282 g/mol. The first-order valence-electron chi connectivity index (χ1n) is 5.07. The number of hydrogen-bond donors (Lipinski definition) is 1. The number of thiazole rings is 1. The van der Waals surface area contributed by atoms with E-state index in [0.29, 0.717) is 0 Å². The highest BCUT2D eigenvalue weighted by Crippen LogP contribution is 2.29. The van der Waals surface area contributed by atoms with E-state index in [1.165, 1.54) is 23.1 Å². The van der Waals surface area contributed by atoms with E-state index >= 15 is 0 Å². The van der Waals surface area contributed by atoms with Crippen molar-refractivity contribution in [3.8, 4) is 0 Å². The van der Waals surface area contributed by atoms with Crippen molar-refractivity contribution in [2.75, 3.05) is 12.4 Å². The zero-order chi connectivity index (χ0) is 13.0. The molecule has 2 aromatic rings. The molecule has 1 aromatic carbocycles. The predicted molar refractivity (Wildman–Crippen MR) is 70.5 cm³/mol. The van der Waals surface area contributed by atoms with Gasteiger partial charge in [-0.25, -0.2) is 4.98 Å². The summed E-state index contributed by atoms with van der Waals surface area (Å²) in [6.07, 6.45) is 0. The molecule has 0 saturated heterocycles. The Balaban J connectivity index is 1.90. The van der Waals surface area contributed by atoms with Crippen molar-refractivity contribution in [2.24, 2.45) is 5.73 Å². The van der Waals surface area contributed by atoms with Gasteiger partial charge in [0.05, 0.1) is 16.0 Å². The summed E-state index contributed by atoms with van der Waals surface area (Å²) in [4.78, 5) is 26.0. The van der Waals surface area contributed by atoms with Gasteiger partial charge in [0.25, 0.3) is 5.91 Å². The molecular formula is C11H10N2O3S2. The van der Waals surface area contributed by atoms with E-state index in [1.54, 1.807) is 0 Å². The Hall–Kier alpha value is -1.60. The fourth-order valence-corrected chi connectivity index (χ4v) is 3.09. The molecule has 0 aliphatic rings. The number of ether oxygens (including phenoxy) is 1. The number of amides is 1. The van der Waals surface area contributed by atoms with Gasteiger partial charge in [-0.2, -0.15) is 0 Å². The summed E-state index contributed by atoms with van der Waals surface area (Å²) in [6.45, 7) is -0.376. The molecule has 1 aromatic heterocycles. The van der Waals surface area contributed by atoms with Gasteiger partial charge in [-0.05, 0) is 12.1 Å². The standard InChI is InChI=1S/C11H10N2O3S2/c12-9(14)5-16-10(15)6-17-11-13-7-3-1-2-4-8(7)18-11/h1-4H,5-6H2,(H2,12,14). The summed E-state index contributed by atoms with van der Waals surface area (Å²) in [5.41, 5.74) is 5.78. The quantitative estimate of drug-likeness (QED) is 0.662. The maximum absolute atomic E-state index is 11.3. The van der Waals surface area contributed by atoms with Crippen LogP contribution in [0.4, 0.5) is 0 Å². The van der Waals surface area contributed by atoms with E-state index in [2.05, 4.69) is 9.72 Å². The van der Waals surface area contributed by atoms with E-state index < -0.39 is 11.9 Å². The van der Waals surface area contributed by atoms with E-state index in [0.717, 1.165) is 14.6 Å². The van der Waals surface area contributed by atoms with Gasteiger partial charge < -0.3 is 10.5 Å². The van der Waals surface area contributed by atoms with Crippen molar-refractivity contribution < 1.29 is 14.3 Å². The van der Waals surface area contributed by atoms with E-state index in [1.807, 2.05) is 24.3 Å². The van der Waals surface area contributed by atoms with E-state index in [-0.39, 0.29) is 12.4 Å². The van der Waals surface area contributed by atoms with Crippen LogP contribution in [0.1, 0.15) is 0 Å². The largest absolute Gasteiger partial charge is 0.455 e. The molecule has 0 unspecified atom stereocenters. The van der Waals surface area contributed by atoms with Gasteiger partial charge in [-0.15, -0.1) is 11.3 Å². The van der Waals surface area contributed by atoms with Crippen LogP contribution in [-0.2, 0) is 14.3 Å². The molecular weight excluding hydrogens is 272 g/mol. The molecule has 0 radical (unpaired) electrons. The van der Waals surface area contributed by atoms with Crippen LogP contribution in [0.25, 0.3) is 10.2 Å². The van der Waals surface area contributed by atoms with Crippen molar-refractivity contribution in [3.63, 3.8) is 0 Å². The average Bonchev–Trinajstić information content (AvgIpc) is 2.76. The van der Waals surface area contributed by atoms with Crippen LogP contribution >= 0.6 is 23.1 Å². The minimum absolute atomic E-state index is 0.118. The van der Waals surface area contributed by atoms with Crippen LogP contribution in [0.3, 0.4) is 0 Å². The molecule has 1 amide bonds. The number of fused-ring (bicyclic) bond motifs is 1. The number of nitrogens with zero attached hydrogens (tertiary/aromatic N) is 1. The second-order valence-corrected chi connectivity index (χ2v) is 5.62. The van der Waals surface area contributed by atoms with E-state index in [4.69, 9.17) is 5.73 Å². The van der Waals surface area contributed by atoms with Crippen LogP contribution in [0.5, 0.6) is 0 Å². The highest BCUT2D eigenvalue weighted by atomic mass is 32.2. The Morgan fingerprint density at radius 2 is 2.17 bits per heavy atom. The smallest absolute Gasteiger partial charge is 0.316 e. The third kappa shape index (κ3) is 3.44. The first-order valence-corrected chi connectivity index (χ1v) is 6.87. The molecule has 0 bridgehead atoms. The molecule has 5 nitrogen and oxygen atoms in total. The summed E-state index contributed by atoms with van der Waals surface area (Å²) >= 11 is 2.80. The fraction of sp³-hybridized carbons (Fsp3) is 0.182. The van der Waals surface area contributed by atoms with Crippen LogP contribution in [0, 0.1) is 0 Å². The fourth-order valence-electron chi connectivity index (χ4n) is 1.23. The summed E-state index contributed by atoms with van der Waals surface area (Å²) in [7, 11) is 0. The lowest BCUT2D eigenvalue weighted by molar-refractivity contribution is -0.145. The van der Waals surface area contributed by atoms with Crippen LogP contribution in [0.2, 0.25) is 0 Å². The number of hydrogen-bond acceptors (Lipinski definition) is 6. The second kappa shape index (κ2) is 5.83. The highest BCUT2D eigenvalue weighted by Gasteiger charge is 2.09. The molecule has 2 rings (SSSR count). The summed E-state index contributed by atoms with van der Waals surface area (Å²) in [5, 5.41) is 0. The Labute approximate surface area is 111 Å².